The van der Waals surface area contributed by atoms with Gasteiger partial charge >= 0.3 is 0 Å². The van der Waals surface area contributed by atoms with Gasteiger partial charge in [0.2, 0.25) is 0 Å². The van der Waals surface area contributed by atoms with E-state index in [9.17, 15) is 13.2 Å². The number of morpholine rings is 1. The summed E-state index contributed by atoms with van der Waals surface area (Å²) in [4.78, 5) is 23.1. The van der Waals surface area contributed by atoms with E-state index in [0.29, 0.717) is 41.0 Å². The van der Waals surface area contributed by atoms with Gasteiger partial charge in [-0.2, -0.15) is 0 Å². The Balaban J connectivity index is 1.75. The molecule has 1 saturated heterocycles. The van der Waals surface area contributed by atoms with Crippen molar-refractivity contribution >= 4 is 48.6 Å². The summed E-state index contributed by atoms with van der Waals surface area (Å²) in [6, 6.07) is 9.50. The number of anilines is 1. The largest absolute Gasteiger partial charge is 0.377 e. The first kappa shape index (κ1) is 20.7. The zero-order valence-corrected chi connectivity index (χ0v) is 18.5. The number of fused-ring (bicyclic) bond motifs is 1. The van der Waals surface area contributed by atoms with E-state index in [0.717, 1.165) is 0 Å². The number of sulfonamides is 1. The quantitative estimate of drug-likeness (QED) is 0.602. The normalized spacial score (nSPS) is 17.1. The fourth-order valence-corrected chi connectivity index (χ4v) is 5.16. The van der Waals surface area contributed by atoms with Crippen molar-refractivity contribution in [3.8, 4) is 0 Å². The lowest BCUT2D eigenvalue weighted by Gasteiger charge is -2.33. The van der Waals surface area contributed by atoms with Gasteiger partial charge in [0.05, 0.1) is 36.0 Å². The molecular weight excluding hydrogens is 472 g/mol. The molecule has 1 aliphatic heterocycles. The third-order valence-corrected chi connectivity index (χ3v) is 6.73. The lowest BCUT2D eigenvalue weighted by Crippen LogP contribution is -2.47. The summed E-state index contributed by atoms with van der Waals surface area (Å²) in [6.07, 6.45) is 3.03. The lowest BCUT2D eigenvalue weighted by atomic mass is 10.1. The minimum Gasteiger partial charge on any atom is -0.377 e. The Morgan fingerprint density at radius 1 is 1.23 bits per heavy atom. The Morgan fingerprint density at radius 2 is 2.03 bits per heavy atom. The van der Waals surface area contributed by atoms with Crippen molar-refractivity contribution in [1.29, 1.82) is 0 Å². The van der Waals surface area contributed by atoms with E-state index >= 15 is 0 Å². The number of hydrogen-bond acceptors (Lipinski definition) is 6. The second-order valence-corrected chi connectivity index (χ2v) is 9.46. The molecule has 0 spiro atoms. The van der Waals surface area contributed by atoms with Crippen molar-refractivity contribution in [2.75, 3.05) is 24.5 Å². The Kier molecular flexibility index (Phi) is 5.72. The van der Waals surface area contributed by atoms with Gasteiger partial charge in [0.15, 0.2) is 0 Å². The fraction of sp³-hybridized carbons (Fsp3) is 0.250. The third-order valence-electron chi connectivity index (χ3n) is 4.84. The fourth-order valence-electron chi connectivity index (χ4n) is 3.35. The first-order chi connectivity index (χ1) is 14.4. The number of hydrogen-bond donors (Lipinski definition) is 1. The molecule has 1 amide bonds. The van der Waals surface area contributed by atoms with Crippen LogP contribution in [-0.2, 0) is 14.8 Å². The third kappa shape index (κ3) is 4.03. The average molecular weight is 491 g/mol. The molecule has 1 aromatic heterocycles. The minimum atomic E-state index is -4.09. The van der Waals surface area contributed by atoms with E-state index in [1.54, 1.807) is 29.2 Å². The summed E-state index contributed by atoms with van der Waals surface area (Å²) >= 11 is 3.31. The molecule has 2 heterocycles. The van der Waals surface area contributed by atoms with Crippen molar-refractivity contribution in [2.45, 2.75) is 17.9 Å². The second kappa shape index (κ2) is 8.29. The number of rotatable bonds is 4. The van der Waals surface area contributed by atoms with Crippen LogP contribution in [-0.4, -0.2) is 55.0 Å². The predicted molar refractivity (Wildman–Crippen MR) is 116 cm³/mol. The van der Waals surface area contributed by atoms with E-state index < -0.39 is 10.0 Å². The van der Waals surface area contributed by atoms with E-state index in [1.165, 1.54) is 24.5 Å². The number of benzene rings is 2. The van der Waals surface area contributed by atoms with Crippen LogP contribution in [0.5, 0.6) is 0 Å². The Bertz CT molecular complexity index is 1210. The topological polar surface area (TPSA) is 101 Å². The molecule has 3 aromatic rings. The standard InChI is InChI=1S/C20H19BrN4O4S/c1-13-12-29-10-9-25(13)20(26)15-6-5-14(21)11-18(15)30(27,28)24-17-4-2-3-16-19(17)23-8-7-22-16/h2-8,11,13,24H,9-10,12H2,1H3/t13-/m1/s1. The average Bonchev–Trinajstić information content (AvgIpc) is 2.74. The molecule has 0 saturated carbocycles. The molecule has 4 rings (SSSR count). The molecule has 0 radical (unpaired) electrons. The van der Waals surface area contributed by atoms with Crippen molar-refractivity contribution < 1.29 is 17.9 Å². The molecule has 1 atom stereocenters. The van der Waals surface area contributed by atoms with Crippen LogP contribution in [0.4, 0.5) is 5.69 Å². The van der Waals surface area contributed by atoms with Gasteiger partial charge in [-0.1, -0.05) is 22.0 Å². The number of nitrogens with one attached hydrogen (secondary N) is 1. The van der Waals surface area contributed by atoms with Gasteiger partial charge in [-0.3, -0.25) is 19.5 Å². The van der Waals surface area contributed by atoms with E-state index in [1.807, 2.05) is 6.92 Å². The molecule has 0 unspecified atom stereocenters. The maximum absolute atomic E-state index is 13.3. The molecule has 1 fully saturated rings. The highest BCUT2D eigenvalue weighted by Crippen LogP contribution is 2.28. The monoisotopic (exact) mass is 490 g/mol. The van der Waals surface area contributed by atoms with Gasteiger partial charge in [0.1, 0.15) is 10.4 Å². The van der Waals surface area contributed by atoms with Crippen LogP contribution >= 0.6 is 15.9 Å². The van der Waals surface area contributed by atoms with Crippen LogP contribution in [0.2, 0.25) is 0 Å². The molecule has 1 aliphatic rings. The van der Waals surface area contributed by atoms with Crippen molar-refractivity contribution in [2.24, 2.45) is 0 Å². The molecule has 10 heteroatoms. The molecular formula is C20H19BrN4O4S. The number of amides is 1. The molecule has 2 aromatic carbocycles. The van der Waals surface area contributed by atoms with E-state index in [4.69, 9.17) is 4.74 Å². The number of ether oxygens (including phenoxy) is 1. The maximum atomic E-state index is 13.3. The highest BCUT2D eigenvalue weighted by atomic mass is 79.9. The number of carbonyl (C=O) groups is 1. The summed E-state index contributed by atoms with van der Waals surface area (Å²) in [6.45, 7) is 3.11. The van der Waals surface area contributed by atoms with Crippen molar-refractivity contribution in [3.05, 3.63) is 58.8 Å². The minimum absolute atomic E-state index is 0.103. The number of nitrogens with zero attached hydrogens (tertiary/aromatic N) is 3. The number of halogens is 1. The van der Waals surface area contributed by atoms with Gasteiger partial charge in [-0.15, -0.1) is 0 Å². The molecule has 1 N–H and O–H groups in total. The van der Waals surface area contributed by atoms with Gasteiger partial charge in [0, 0.05) is 23.4 Å². The van der Waals surface area contributed by atoms with Crippen LogP contribution in [0.25, 0.3) is 11.0 Å². The molecule has 0 bridgehead atoms. The predicted octanol–water partition coefficient (Wildman–Crippen LogP) is 3.05. The van der Waals surface area contributed by atoms with Crippen LogP contribution in [0.15, 0.2) is 58.2 Å². The Hall–Kier alpha value is -2.56. The first-order valence-electron chi connectivity index (χ1n) is 9.27. The summed E-state index contributed by atoms with van der Waals surface area (Å²) < 4.78 is 35.1. The Morgan fingerprint density at radius 3 is 2.83 bits per heavy atom. The first-order valence-corrected chi connectivity index (χ1v) is 11.6. The molecule has 30 heavy (non-hydrogen) atoms. The maximum Gasteiger partial charge on any atom is 0.262 e. The van der Waals surface area contributed by atoms with Crippen molar-refractivity contribution in [3.63, 3.8) is 0 Å². The zero-order chi connectivity index (χ0) is 21.3. The van der Waals surface area contributed by atoms with Gasteiger partial charge in [-0.05, 0) is 37.3 Å². The Labute approximate surface area is 182 Å². The van der Waals surface area contributed by atoms with Gasteiger partial charge in [-0.25, -0.2) is 8.42 Å². The number of carbonyl (C=O) groups excluding carboxylic acids is 1. The summed E-state index contributed by atoms with van der Waals surface area (Å²) in [5, 5.41) is 0. The molecule has 0 aliphatic carbocycles. The lowest BCUT2D eigenvalue weighted by molar-refractivity contribution is 0.00338. The summed E-state index contributed by atoms with van der Waals surface area (Å²) in [5.41, 5.74) is 1.38. The number of para-hydroxylation sites is 1. The van der Waals surface area contributed by atoms with Crippen molar-refractivity contribution in [1.82, 2.24) is 14.9 Å². The van der Waals surface area contributed by atoms with Crippen LogP contribution in [0, 0.1) is 0 Å². The summed E-state index contributed by atoms with van der Waals surface area (Å²) in [7, 11) is -4.09. The molecule has 156 valence electrons. The number of aromatic nitrogens is 2. The van der Waals surface area contributed by atoms with E-state index in [-0.39, 0.29) is 22.4 Å². The SMILES string of the molecule is C[C@@H]1COCCN1C(=O)c1ccc(Br)cc1S(=O)(=O)Nc1cccc2nccnc12. The molecule has 8 nitrogen and oxygen atoms in total. The van der Waals surface area contributed by atoms with Gasteiger partial charge in [0.25, 0.3) is 15.9 Å². The summed E-state index contributed by atoms with van der Waals surface area (Å²) in [5.74, 6) is -0.351. The smallest absolute Gasteiger partial charge is 0.262 e. The second-order valence-electron chi connectivity index (χ2n) is 6.90. The zero-order valence-electron chi connectivity index (χ0n) is 16.1. The van der Waals surface area contributed by atoms with Gasteiger partial charge < -0.3 is 9.64 Å². The van der Waals surface area contributed by atoms with Crippen LogP contribution in [0.3, 0.4) is 0 Å². The van der Waals surface area contributed by atoms with E-state index in [2.05, 4.69) is 30.6 Å². The highest BCUT2D eigenvalue weighted by Gasteiger charge is 2.30. The highest BCUT2D eigenvalue weighted by molar-refractivity contribution is 9.10. The van der Waals surface area contributed by atoms with Crippen LogP contribution in [0.1, 0.15) is 17.3 Å². The van der Waals surface area contributed by atoms with Crippen LogP contribution < -0.4 is 4.72 Å².